The summed E-state index contributed by atoms with van der Waals surface area (Å²) in [6.07, 6.45) is 4.65. The van der Waals surface area contributed by atoms with Crippen molar-refractivity contribution in [2.75, 3.05) is 12.9 Å². The fraction of sp³-hybridized carbons (Fsp3) is 0.333. The van der Waals surface area contributed by atoms with Crippen LogP contribution in [0, 0.1) is 0 Å². The quantitative estimate of drug-likeness (QED) is 0.451. The predicted molar refractivity (Wildman–Crippen MR) is 108 cm³/mol. The van der Waals surface area contributed by atoms with Gasteiger partial charge < -0.3 is 4.74 Å². The Balaban J connectivity index is 1.40. The lowest BCUT2D eigenvalue weighted by molar-refractivity contribution is 0.102. The summed E-state index contributed by atoms with van der Waals surface area (Å²) in [5, 5.41) is 12.5. The van der Waals surface area contributed by atoms with Crippen molar-refractivity contribution in [1.29, 1.82) is 0 Å². The van der Waals surface area contributed by atoms with Crippen LogP contribution >= 0.6 is 11.8 Å². The van der Waals surface area contributed by atoms with Gasteiger partial charge in [0.05, 0.1) is 19.4 Å². The molecule has 28 heavy (non-hydrogen) atoms. The van der Waals surface area contributed by atoms with Crippen LogP contribution in [0.4, 0.5) is 0 Å². The Kier molecular flexibility index (Phi) is 5.71. The van der Waals surface area contributed by atoms with E-state index < -0.39 is 0 Å². The first-order chi connectivity index (χ1) is 13.7. The number of benzene rings is 2. The van der Waals surface area contributed by atoms with Crippen molar-refractivity contribution in [2.24, 2.45) is 0 Å². The highest BCUT2D eigenvalue weighted by Crippen LogP contribution is 2.24. The SMILES string of the molecule is COc1ccc(Cn2nnnc2SCC(=O)c2ccc3c(c2)CCCC3)cc1. The van der Waals surface area contributed by atoms with Crippen LogP contribution < -0.4 is 4.74 Å². The van der Waals surface area contributed by atoms with E-state index in [0.29, 0.717) is 17.5 Å². The highest BCUT2D eigenvalue weighted by atomic mass is 32.2. The van der Waals surface area contributed by atoms with Gasteiger partial charge in [-0.1, -0.05) is 36.0 Å². The third kappa shape index (κ3) is 4.25. The highest BCUT2D eigenvalue weighted by molar-refractivity contribution is 7.99. The zero-order chi connectivity index (χ0) is 19.3. The van der Waals surface area contributed by atoms with Crippen LogP contribution in [0.15, 0.2) is 47.6 Å². The summed E-state index contributed by atoms with van der Waals surface area (Å²) in [6.45, 7) is 0.548. The average Bonchev–Trinajstić information content (AvgIpc) is 3.19. The minimum Gasteiger partial charge on any atom is -0.497 e. The highest BCUT2D eigenvalue weighted by Gasteiger charge is 2.15. The molecule has 0 saturated heterocycles. The fourth-order valence-electron chi connectivity index (χ4n) is 3.42. The molecule has 1 aromatic heterocycles. The lowest BCUT2D eigenvalue weighted by Crippen LogP contribution is -2.09. The number of aromatic nitrogens is 4. The molecule has 4 rings (SSSR count). The largest absolute Gasteiger partial charge is 0.497 e. The minimum atomic E-state index is 0.109. The van der Waals surface area contributed by atoms with Gasteiger partial charge in [-0.3, -0.25) is 4.79 Å². The first-order valence-corrected chi connectivity index (χ1v) is 10.4. The molecule has 0 bridgehead atoms. The van der Waals surface area contributed by atoms with Crippen LogP contribution in [0.1, 0.15) is 39.9 Å². The average molecular weight is 395 g/mol. The van der Waals surface area contributed by atoms with E-state index in [0.717, 1.165) is 29.7 Å². The lowest BCUT2D eigenvalue weighted by atomic mass is 9.90. The second kappa shape index (κ2) is 8.56. The zero-order valence-electron chi connectivity index (χ0n) is 15.8. The van der Waals surface area contributed by atoms with Gasteiger partial charge in [0, 0.05) is 5.56 Å². The van der Waals surface area contributed by atoms with Crippen LogP contribution in [0.25, 0.3) is 0 Å². The predicted octanol–water partition coefficient (Wildman–Crippen LogP) is 3.58. The number of fused-ring (bicyclic) bond motifs is 1. The number of tetrazole rings is 1. The number of ether oxygens (including phenoxy) is 1. The second-order valence-corrected chi connectivity index (χ2v) is 7.81. The Morgan fingerprint density at radius 1 is 1.11 bits per heavy atom. The van der Waals surface area contributed by atoms with E-state index in [2.05, 4.69) is 27.7 Å². The van der Waals surface area contributed by atoms with Gasteiger partial charge in [-0.15, -0.1) is 5.10 Å². The molecule has 0 amide bonds. The number of carbonyl (C=O) groups is 1. The summed E-state index contributed by atoms with van der Waals surface area (Å²) in [6, 6.07) is 13.9. The second-order valence-electron chi connectivity index (χ2n) is 6.87. The molecule has 144 valence electrons. The number of hydrogen-bond acceptors (Lipinski definition) is 6. The molecule has 1 aliphatic rings. The molecular weight excluding hydrogens is 372 g/mol. The number of rotatable bonds is 7. The molecule has 2 aromatic carbocycles. The normalized spacial score (nSPS) is 13.2. The van der Waals surface area contributed by atoms with E-state index in [1.807, 2.05) is 30.3 Å². The summed E-state index contributed by atoms with van der Waals surface area (Å²) >= 11 is 1.37. The van der Waals surface area contributed by atoms with E-state index in [1.54, 1.807) is 11.8 Å². The van der Waals surface area contributed by atoms with E-state index in [9.17, 15) is 4.79 Å². The Hall–Kier alpha value is -2.67. The standard InChI is InChI=1S/C21H22N4O2S/c1-27-19-10-6-15(7-11-19)13-25-21(22-23-24-25)28-14-20(26)18-9-8-16-4-2-3-5-17(16)12-18/h6-12H,2-5,13-14H2,1H3. The van der Waals surface area contributed by atoms with E-state index in [1.165, 1.54) is 35.7 Å². The van der Waals surface area contributed by atoms with Crippen LogP contribution in [0.3, 0.4) is 0 Å². The molecule has 0 unspecified atom stereocenters. The van der Waals surface area contributed by atoms with Gasteiger partial charge in [0.25, 0.3) is 0 Å². The molecule has 1 aliphatic carbocycles. The molecule has 7 heteroatoms. The van der Waals surface area contributed by atoms with E-state index >= 15 is 0 Å². The molecule has 0 saturated carbocycles. The number of carbonyl (C=O) groups excluding carboxylic acids is 1. The molecule has 6 nitrogen and oxygen atoms in total. The van der Waals surface area contributed by atoms with Gasteiger partial charge in [0.2, 0.25) is 5.16 Å². The topological polar surface area (TPSA) is 69.9 Å². The number of methoxy groups -OCH3 is 1. The maximum atomic E-state index is 12.7. The summed E-state index contributed by atoms with van der Waals surface area (Å²) in [5.41, 5.74) is 4.56. The number of hydrogen-bond donors (Lipinski definition) is 0. The Labute approximate surface area is 168 Å². The van der Waals surface area contributed by atoms with Crippen molar-refractivity contribution >= 4 is 17.5 Å². The fourth-order valence-corrected chi connectivity index (χ4v) is 4.19. The van der Waals surface area contributed by atoms with Gasteiger partial charge in [-0.05, 0) is 71.0 Å². The molecule has 0 fully saturated rings. The molecule has 1 heterocycles. The molecule has 3 aromatic rings. The molecular formula is C21H22N4O2S. The number of nitrogens with zero attached hydrogens (tertiary/aromatic N) is 4. The lowest BCUT2D eigenvalue weighted by Gasteiger charge is -2.16. The van der Waals surface area contributed by atoms with Gasteiger partial charge in [0.15, 0.2) is 5.78 Å². The first-order valence-electron chi connectivity index (χ1n) is 9.40. The zero-order valence-corrected chi connectivity index (χ0v) is 16.6. The molecule has 0 N–H and O–H groups in total. The van der Waals surface area contributed by atoms with Gasteiger partial charge in [-0.2, -0.15) is 0 Å². The Morgan fingerprint density at radius 2 is 1.89 bits per heavy atom. The van der Waals surface area contributed by atoms with Gasteiger partial charge in [0.1, 0.15) is 5.75 Å². The molecule has 0 spiro atoms. The third-order valence-electron chi connectivity index (χ3n) is 4.99. The van der Waals surface area contributed by atoms with E-state index in [4.69, 9.17) is 4.74 Å². The molecule has 0 atom stereocenters. The van der Waals surface area contributed by atoms with Crippen molar-refractivity contribution in [3.8, 4) is 5.75 Å². The van der Waals surface area contributed by atoms with Crippen LogP contribution in [0.5, 0.6) is 5.75 Å². The molecule has 0 aliphatic heterocycles. The third-order valence-corrected chi connectivity index (χ3v) is 5.95. The summed E-state index contributed by atoms with van der Waals surface area (Å²) in [7, 11) is 1.64. The van der Waals surface area contributed by atoms with Crippen molar-refractivity contribution in [3.63, 3.8) is 0 Å². The smallest absolute Gasteiger partial charge is 0.210 e. The first kappa shape index (κ1) is 18.7. The minimum absolute atomic E-state index is 0.109. The number of Topliss-reactive ketones (excluding diaryl/α,β-unsaturated/α-hetero) is 1. The summed E-state index contributed by atoms with van der Waals surface area (Å²) in [5.74, 6) is 1.24. The van der Waals surface area contributed by atoms with Crippen molar-refractivity contribution in [1.82, 2.24) is 20.2 Å². The van der Waals surface area contributed by atoms with Crippen LogP contribution in [0.2, 0.25) is 0 Å². The summed E-state index contributed by atoms with van der Waals surface area (Å²) < 4.78 is 6.90. The van der Waals surface area contributed by atoms with Crippen LogP contribution in [-0.2, 0) is 19.4 Å². The number of ketones is 1. The van der Waals surface area contributed by atoms with Crippen molar-refractivity contribution in [2.45, 2.75) is 37.4 Å². The van der Waals surface area contributed by atoms with Crippen molar-refractivity contribution < 1.29 is 9.53 Å². The summed E-state index contributed by atoms with van der Waals surface area (Å²) in [4.78, 5) is 12.7. The Bertz CT molecular complexity index is 969. The number of thioether (sulfide) groups is 1. The van der Waals surface area contributed by atoms with E-state index in [-0.39, 0.29) is 5.78 Å². The Morgan fingerprint density at radius 3 is 2.68 bits per heavy atom. The molecule has 0 radical (unpaired) electrons. The van der Waals surface area contributed by atoms with Crippen molar-refractivity contribution in [3.05, 3.63) is 64.7 Å². The van der Waals surface area contributed by atoms with Gasteiger partial charge >= 0.3 is 0 Å². The monoisotopic (exact) mass is 394 g/mol. The number of aryl methyl sites for hydroxylation is 2. The van der Waals surface area contributed by atoms with Gasteiger partial charge in [-0.25, -0.2) is 4.68 Å². The van der Waals surface area contributed by atoms with Crippen LogP contribution in [-0.4, -0.2) is 38.9 Å². The maximum Gasteiger partial charge on any atom is 0.210 e. The maximum absolute atomic E-state index is 12.7.